The molecule has 0 spiro atoms. The maximum atomic E-state index is 11.4. The van der Waals surface area contributed by atoms with Gasteiger partial charge in [0, 0.05) is 18.4 Å². The van der Waals surface area contributed by atoms with Crippen molar-refractivity contribution in [1.82, 2.24) is 0 Å². The number of nitrogens with zero attached hydrogens (tertiary/aromatic N) is 1. The molecule has 2 aromatic rings. The Morgan fingerprint density at radius 1 is 0.952 bits per heavy atom. The highest BCUT2D eigenvalue weighted by Crippen LogP contribution is 2.29. The lowest BCUT2D eigenvalue weighted by atomic mass is 10.1. The summed E-state index contributed by atoms with van der Waals surface area (Å²) < 4.78 is 22.8. The van der Waals surface area contributed by atoms with E-state index in [9.17, 15) is 8.42 Å². The number of rotatable bonds is 3. The van der Waals surface area contributed by atoms with Crippen molar-refractivity contribution in [2.24, 2.45) is 5.14 Å². The molecule has 2 aromatic carbocycles. The molecular formula is C15H19N3O2S. The highest BCUT2D eigenvalue weighted by molar-refractivity contribution is 7.89. The van der Waals surface area contributed by atoms with Gasteiger partial charge in [-0.15, -0.1) is 0 Å². The van der Waals surface area contributed by atoms with E-state index in [4.69, 9.17) is 10.9 Å². The van der Waals surface area contributed by atoms with E-state index in [0.717, 1.165) is 22.5 Å². The van der Waals surface area contributed by atoms with Crippen molar-refractivity contribution in [2.75, 3.05) is 17.7 Å². The molecule has 0 atom stereocenters. The molecule has 5 nitrogen and oxygen atoms in total. The van der Waals surface area contributed by atoms with E-state index in [1.165, 1.54) is 6.07 Å². The monoisotopic (exact) mass is 305 g/mol. The van der Waals surface area contributed by atoms with Gasteiger partial charge in [0.15, 0.2) is 0 Å². The number of benzene rings is 2. The Labute approximate surface area is 125 Å². The summed E-state index contributed by atoms with van der Waals surface area (Å²) in [6.07, 6.45) is 0. The third-order valence-corrected chi connectivity index (χ3v) is 4.27. The zero-order valence-corrected chi connectivity index (χ0v) is 13.1. The van der Waals surface area contributed by atoms with E-state index in [1.54, 1.807) is 12.1 Å². The Kier molecular flexibility index (Phi) is 3.93. The predicted octanol–water partition coefficient (Wildman–Crippen LogP) is 2.30. The van der Waals surface area contributed by atoms with Gasteiger partial charge in [-0.05, 0) is 55.3 Å². The van der Waals surface area contributed by atoms with Crippen molar-refractivity contribution in [3.8, 4) is 0 Å². The van der Waals surface area contributed by atoms with Crippen molar-refractivity contribution in [1.29, 1.82) is 0 Å². The smallest absolute Gasteiger partial charge is 0.240 e. The van der Waals surface area contributed by atoms with Gasteiger partial charge in [0.2, 0.25) is 10.0 Å². The molecule has 0 aromatic heterocycles. The first-order valence-electron chi connectivity index (χ1n) is 6.43. The third-order valence-electron chi connectivity index (χ3n) is 3.28. The van der Waals surface area contributed by atoms with Gasteiger partial charge in [0.1, 0.15) is 4.90 Å². The van der Waals surface area contributed by atoms with Crippen LogP contribution < -0.4 is 15.8 Å². The molecule has 0 aliphatic carbocycles. The summed E-state index contributed by atoms with van der Waals surface area (Å²) in [5, 5.41) is 5.11. The Bertz CT molecular complexity index is 765. The van der Waals surface area contributed by atoms with Crippen molar-refractivity contribution in [3.63, 3.8) is 0 Å². The summed E-state index contributed by atoms with van der Waals surface area (Å²) in [7, 11) is -1.90. The molecule has 0 radical (unpaired) electrons. The number of aryl methyl sites for hydroxylation is 2. The van der Waals surface area contributed by atoms with E-state index >= 15 is 0 Å². The van der Waals surface area contributed by atoms with E-state index in [-0.39, 0.29) is 10.6 Å². The molecule has 0 unspecified atom stereocenters. The molecule has 0 bridgehead atoms. The zero-order valence-electron chi connectivity index (χ0n) is 12.3. The molecule has 112 valence electrons. The van der Waals surface area contributed by atoms with Crippen LogP contribution in [0.4, 0.5) is 17.1 Å². The Hall–Kier alpha value is -2.05. The second-order valence-electron chi connectivity index (χ2n) is 5.17. The molecule has 0 fully saturated rings. The van der Waals surface area contributed by atoms with Crippen LogP contribution in [-0.4, -0.2) is 15.5 Å². The molecule has 0 saturated carbocycles. The van der Waals surface area contributed by atoms with Crippen molar-refractivity contribution in [3.05, 3.63) is 47.5 Å². The fourth-order valence-electron chi connectivity index (χ4n) is 2.30. The van der Waals surface area contributed by atoms with Crippen LogP contribution in [0.3, 0.4) is 0 Å². The Morgan fingerprint density at radius 2 is 1.52 bits per heavy atom. The molecule has 21 heavy (non-hydrogen) atoms. The molecule has 6 heteroatoms. The van der Waals surface area contributed by atoms with Gasteiger partial charge in [-0.3, -0.25) is 0 Å². The van der Waals surface area contributed by atoms with Crippen molar-refractivity contribution in [2.45, 2.75) is 18.7 Å². The molecule has 0 saturated heterocycles. The lowest BCUT2D eigenvalue weighted by molar-refractivity contribution is 0.598. The second-order valence-corrected chi connectivity index (χ2v) is 6.70. The molecule has 0 heterocycles. The maximum Gasteiger partial charge on any atom is 0.240 e. The fraction of sp³-hybridized carbons (Fsp3) is 0.200. The van der Waals surface area contributed by atoms with Gasteiger partial charge in [0.25, 0.3) is 0 Å². The van der Waals surface area contributed by atoms with Crippen LogP contribution in [0.1, 0.15) is 11.1 Å². The highest BCUT2D eigenvalue weighted by Gasteiger charge is 2.14. The number of nitrogen functional groups attached to an aromatic ring is 1. The number of primary sulfonamides is 1. The SMILES string of the molecule is Cc1cc(C)cc(N(C)c2ccc(S(N)(=O)=O)c(N)c2)c1. The van der Waals surface area contributed by atoms with Crippen LogP contribution in [0.15, 0.2) is 41.3 Å². The summed E-state index contributed by atoms with van der Waals surface area (Å²) in [6.45, 7) is 4.06. The van der Waals surface area contributed by atoms with Crippen LogP contribution in [0.2, 0.25) is 0 Å². The van der Waals surface area contributed by atoms with Gasteiger partial charge >= 0.3 is 0 Å². The van der Waals surface area contributed by atoms with Gasteiger partial charge in [-0.25, -0.2) is 13.6 Å². The van der Waals surface area contributed by atoms with Crippen LogP contribution in [0, 0.1) is 13.8 Å². The minimum Gasteiger partial charge on any atom is -0.398 e. The fourth-order valence-corrected chi connectivity index (χ4v) is 2.94. The van der Waals surface area contributed by atoms with Gasteiger partial charge in [-0.1, -0.05) is 6.07 Å². The Morgan fingerprint density at radius 3 is 2.00 bits per heavy atom. The maximum absolute atomic E-state index is 11.4. The summed E-state index contributed by atoms with van der Waals surface area (Å²) in [4.78, 5) is 1.89. The summed E-state index contributed by atoms with van der Waals surface area (Å²) >= 11 is 0. The molecule has 4 N–H and O–H groups in total. The lowest BCUT2D eigenvalue weighted by Gasteiger charge is -2.21. The quantitative estimate of drug-likeness (QED) is 0.851. The molecule has 0 amide bonds. The van der Waals surface area contributed by atoms with Crippen molar-refractivity contribution >= 4 is 27.1 Å². The van der Waals surface area contributed by atoms with E-state index in [1.807, 2.05) is 25.8 Å². The van der Waals surface area contributed by atoms with E-state index in [2.05, 4.69) is 18.2 Å². The first kappa shape index (κ1) is 15.3. The topological polar surface area (TPSA) is 89.4 Å². The largest absolute Gasteiger partial charge is 0.398 e. The summed E-state index contributed by atoms with van der Waals surface area (Å²) in [5.74, 6) is 0. The van der Waals surface area contributed by atoms with Crippen LogP contribution in [0.5, 0.6) is 0 Å². The van der Waals surface area contributed by atoms with Gasteiger partial charge in [0.05, 0.1) is 5.69 Å². The molecule has 0 aliphatic rings. The number of sulfonamides is 1. The number of hydrogen-bond acceptors (Lipinski definition) is 4. The highest BCUT2D eigenvalue weighted by atomic mass is 32.2. The zero-order chi connectivity index (χ0) is 15.8. The number of hydrogen-bond donors (Lipinski definition) is 2. The minimum absolute atomic E-state index is 0.0555. The second kappa shape index (κ2) is 5.38. The normalized spacial score (nSPS) is 11.4. The van der Waals surface area contributed by atoms with Crippen LogP contribution in [0.25, 0.3) is 0 Å². The predicted molar refractivity (Wildman–Crippen MR) is 86.2 cm³/mol. The molecular weight excluding hydrogens is 286 g/mol. The number of anilines is 3. The average molecular weight is 305 g/mol. The van der Waals surface area contributed by atoms with Crippen LogP contribution >= 0.6 is 0 Å². The van der Waals surface area contributed by atoms with Gasteiger partial charge < -0.3 is 10.6 Å². The van der Waals surface area contributed by atoms with E-state index < -0.39 is 10.0 Å². The summed E-state index contributed by atoms with van der Waals surface area (Å²) in [6, 6.07) is 10.9. The van der Waals surface area contributed by atoms with Crippen molar-refractivity contribution < 1.29 is 8.42 Å². The van der Waals surface area contributed by atoms with Crippen LogP contribution in [-0.2, 0) is 10.0 Å². The van der Waals surface area contributed by atoms with Gasteiger partial charge in [-0.2, -0.15) is 0 Å². The first-order valence-corrected chi connectivity index (χ1v) is 7.97. The Balaban J connectivity index is 2.45. The minimum atomic E-state index is -3.80. The number of nitrogens with two attached hydrogens (primary N) is 2. The third kappa shape index (κ3) is 3.34. The standard InChI is InChI=1S/C15H19N3O2S/c1-10-6-11(2)8-13(7-10)18(3)12-4-5-15(14(16)9-12)21(17,19)20/h4-9H,16H2,1-3H3,(H2,17,19,20). The molecule has 2 rings (SSSR count). The average Bonchev–Trinajstić information content (AvgIpc) is 2.35. The lowest BCUT2D eigenvalue weighted by Crippen LogP contribution is -2.15. The van der Waals surface area contributed by atoms with E-state index in [0.29, 0.717) is 0 Å². The molecule has 0 aliphatic heterocycles. The first-order chi connectivity index (χ1) is 9.68. The summed E-state index contributed by atoms with van der Waals surface area (Å²) in [5.41, 5.74) is 10.1.